The Morgan fingerprint density at radius 1 is 0.500 bits per heavy atom. The van der Waals surface area contributed by atoms with Crippen LogP contribution in [0.4, 0.5) is 34.1 Å². The van der Waals surface area contributed by atoms with E-state index in [4.69, 9.17) is 5.73 Å². The number of nitrogens with two attached hydrogens (primary N) is 1. The standard InChI is InChI=1S/C35H35N3/c1-4-35(3,36)28-17-21-32(22-18-28)38(31-19-15-27(2)16-20-31)34-25-23-33(24-26-34)37(29-11-7-5-8-12-29)30-13-9-6-10-14-30/h5-26H,4,36H2,1-3H3. The highest BCUT2D eigenvalue weighted by molar-refractivity contribution is 5.81. The van der Waals surface area contributed by atoms with Gasteiger partial charge in [-0.2, -0.15) is 0 Å². The van der Waals surface area contributed by atoms with Gasteiger partial charge in [0.15, 0.2) is 0 Å². The van der Waals surface area contributed by atoms with Gasteiger partial charge in [0.05, 0.1) is 0 Å². The molecule has 1 unspecified atom stereocenters. The molecule has 0 aliphatic carbocycles. The summed E-state index contributed by atoms with van der Waals surface area (Å²) >= 11 is 0. The first-order valence-corrected chi connectivity index (χ1v) is 13.2. The maximum atomic E-state index is 6.53. The zero-order valence-electron chi connectivity index (χ0n) is 22.4. The molecule has 0 fully saturated rings. The summed E-state index contributed by atoms with van der Waals surface area (Å²) in [5.41, 5.74) is 15.2. The molecule has 190 valence electrons. The number of para-hydroxylation sites is 2. The molecule has 5 rings (SSSR count). The Morgan fingerprint density at radius 2 is 0.816 bits per heavy atom. The minimum Gasteiger partial charge on any atom is -0.322 e. The summed E-state index contributed by atoms with van der Waals surface area (Å²) in [6.45, 7) is 6.33. The first-order chi connectivity index (χ1) is 18.5. The second-order valence-electron chi connectivity index (χ2n) is 10.0. The van der Waals surface area contributed by atoms with Crippen molar-refractivity contribution >= 4 is 34.1 Å². The van der Waals surface area contributed by atoms with Crippen LogP contribution in [0.3, 0.4) is 0 Å². The molecule has 0 aliphatic heterocycles. The lowest BCUT2D eigenvalue weighted by molar-refractivity contribution is 0.476. The van der Waals surface area contributed by atoms with Gasteiger partial charge in [0.25, 0.3) is 0 Å². The van der Waals surface area contributed by atoms with Gasteiger partial charge in [0.1, 0.15) is 0 Å². The highest BCUT2D eigenvalue weighted by Crippen LogP contribution is 2.39. The fraction of sp³-hybridized carbons (Fsp3) is 0.143. The summed E-state index contributed by atoms with van der Waals surface area (Å²) < 4.78 is 0. The van der Waals surface area contributed by atoms with Crippen LogP contribution in [0.25, 0.3) is 0 Å². The molecule has 5 aromatic carbocycles. The van der Waals surface area contributed by atoms with E-state index in [9.17, 15) is 0 Å². The van der Waals surface area contributed by atoms with Gasteiger partial charge in [0, 0.05) is 39.7 Å². The van der Waals surface area contributed by atoms with E-state index in [-0.39, 0.29) is 5.54 Å². The second kappa shape index (κ2) is 11.0. The molecule has 5 aromatic rings. The fourth-order valence-corrected chi connectivity index (χ4v) is 4.69. The van der Waals surface area contributed by atoms with Crippen molar-refractivity contribution in [3.05, 3.63) is 145 Å². The largest absolute Gasteiger partial charge is 0.322 e. The van der Waals surface area contributed by atoms with E-state index in [0.29, 0.717) is 0 Å². The smallest absolute Gasteiger partial charge is 0.0463 e. The molecule has 0 heterocycles. The summed E-state index contributed by atoms with van der Waals surface area (Å²) in [5, 5.41) is 0. The Bertz CT molecular complexity index is 1400. The van der Waals surface area contributed by atoms with Crippen molar-refractivity contribution in [3.8, 4) is 0 Å². The fourth-order valence-electron chi connectivity index (χ4n) is 4.69. The summed E-state index contributed by atoms with van der Waals surface area (Å²) in [4.78, 5) is 4.57. The SMILES string of the molecule is CCC(C)(N)c1ccc(N(c2ccc(C)cc2)c2ccc(N(c3ccccc3)c3ccccc3)cc2)cc1. The summed E-state index contributed by atoms with van der Waals surface area (Å²) in [5.74, 6) is 0. The Morgan fingerprint density at radius 3 is 1.18 bits per heavy atom. The van der Waals surface area contributed by atoms with Gasteiger partial charge in [-0.3, -0.25) is 0 Å². The van der Waals surface area contributed by atoms with E-state index in [1.165, 1.54) is 5.56 Å². The lowest BCUT2D eigenvalue weighted by atomic mass is 9.90. The van der Waals surface area contributed by atoms with Crippen molar-refractivity contribution in [2.45, 2.75) is 32.7 Å². The third-order valence-electron chi connectivity index (χ3n) is 7.21. The van der Waals surface area contributed by atoms with Gasteiger partial charge in [0.2, 0.25) is 0 Å². The Kier molecular flexibility index (Phi) is 7.30. The van der Waals surface area contributed by atoms with Crippen LogP contribution in [-0.4, -0.2) is 0 Å². The van der Waals surface area contributed by atoms with Crippen molar-refractivity contribution in [3.63, 3.8) is 0 Å². The minimum atomic E-state index is -0.340. The molecule has 38 heavy (non-hydrogen) atoms. The molecule has 0 radical (unpaired) electrons. The number of benzene rings is 5. The predicted molar refractivity (Wildman–Crippen MR) is 162 cm³/mol. The molecule has 2 N–H and O–H groups in total. The first-order valence-electron chi connectivity index (χ1n) is 13.2. The molecule has 0 bridgehead atoms. The molecule has 3 heteroatoms. The van der Waals surface area contributed by atoms with Gasteiger partial charge in [-0.25, -0.2) is 0 Å². The zero-order valence-corrected chi connectivity index (χ0v) is 22.4. The molecule has 1 atom stereocenters. The molecular weight excluding hydrogens is 462 g/mol. The summed E-state index contributed by atoms with van der Waals surface area (Å²) in [6, 6.07) is 47.1. The number of rotatable bonds is 8. The van der Waals surface area contributed by atoms with E-state index in [0.717, 1.165) is 46.1 Å². The monoisotopic (exact) mass is 497 g/mol. The first kappa shape index (κ1) is 25.3. The maximum Gasteiger partial charge on any atom is 0.0463 e. The molecular formula is C35H35N3. The second-order valence-corrected chi connectivity index (χ2v) is 10.0. The highest BCUT2D eigenvalue weighted by Gasteiger charge is 2.20. The van der Waals surface area contributed by atoms with Crippen molar-refractivity contribution in [1.82, 2.24) is 0 Å². The number of hydrogen-bond acceptors (Lipinski definition) is 3. The zero-order chi connectivity index (χ0) is 26.5. The Hall–Kier alpha value is -4.34. The number of hydrogen-bond donors (Lipinski definition) is 1. The van der Waals surface area contributed by atoms with Gasteiger partial charge in [-0.05, 0) is 98.6 Å². The van der Waals surface area contributed by atoms with E-state index in [1.807, 2.05) is 12.1 Å². The Labute approximate surface area is 226 Å². The van der Waals surface area contributed by atoms with Crippen molar-refractivity contribution < 1.29 is 0 Å². The van der Waals surface area contributed by atoms with E-state index in [2.05, 4.69) is 152 Å². The molecule has 0 saturated carbocycles. The van der Waals surface area contributed by atoms with Gasteiger partial charge in [-0.15, -0.1) is 0 Å². The average molecular weight is 498 g/mol. The van der Waals surface area contributed by atoms with Crippen LogP contribution in [0.2, 0.25) is 0 Å². The highest BCUT2D eigenvalue weighted by atomic mass is 15.2. The molecule has 0 spiro atoms. The van der Waals surface area contributed by atoms with E-state index < -0.39 is 0 Å². The van der Waals surface area contributed by atoms with Crippen molar-refractivity contribution in [2.75, 3.05) is 9.80 Å². The number of nitrogens with zero attached hydrogens (tertiary/aromatic N) is 2. The third kappa shape index (κ3) is 5.34. The van der Waals surface area contributed by atoms with E-state index >= 15 is 0 Å². The average Bonchev–Trinajstić information content (AvgIpc) is 2.97. The summed E-state index contributed by atoms with van der Waals surface area (Å²) in [7, 11) is 0. The van der Waals surface area contributed by atoms with Crippen LogP contribution >= 0.6 is 0 Å². The normalized spacial score (nSPS) is 12.5. The van der Waals surface area contributed by atoms with Gasteiger partial charge in [-0.1, -0.05) is 73.2 Å². The van der Waals surface area contributed by atoms with E-state index in [1.54, 1.807) is 0 Å². The molecule has 0 amide bonds. The third-order valence-corrected chi connectivity index (χ3v) is 7.21. The van der Waals surface area contributed by atoms with Crippen LogP contribution < -0.4 is 15.5 Å². The van der Waals surface area contributed by atoms with Crippen LogP contribution in [-0.2, 0) is 5.54 Å². The van der Waals surface area contributed by atoms with Crippen LogP contribution in [0.1, 0.15) is 31.4 Å². The predicted octanol–water partition coefficient (Wildman–Crippen LogP) is 9.52. The molecule has 0 aliphatic rings. The van der Waals surface area contributed by atoms with Crippen molar-refractivity contribution in [2.24, 2.45) is 5.73 Å². The molecule has 0 aromatic heterocycles. The Balaban J connectivity index is 1.56. The van der Waals surface area contributed by atoms with Crippen LogP contribution in [0.5, 0.6) is 0 Å². The lowest BCUT2D eigenvalue weighted by Gasteiger charge is -2.29. The maximum absolute atomic E-state index is 6.53. The van der Waals surface area contributed by atoms with Gasteiger partial charge >= 0.3 is 0 Å². The number of aryl methyl sites for hydroxylation is 1. The quantitative estimate of drug-likeness (QED) is 0.232. The van der Waals surface area contributed by atoms with Crippen LogP contribution in [0.15, 0.2) is 133 Å². The number of anilines is 6. The minimum absolute atomic E-state index is 0.340. The molecule has 0 saturated heterocycles. The summed E-state index contributed by atoms with van der Waals surface area (Å²) in [6.07, 6.45) is 0.884. The van der Waals surface area contributed by atoms with Gasteiger partial charge < -0.3 is 15.5 Å². The molecule has 3 nitrogen and oxygen atoms in total. The van der Waals surface area contributed by atoms with Crippen molar-refractivity contribution in [1.29, 1.82) is 0 Å². The lowest BCUT2D eigenvalue weighted by Crippen LogP contribution is -2.31. The topological polar surface area (TPSA) is 32.5 Å². The van der Waals surface area contributed by atoms with Crippen LogP contribution in [0, 0.1) is 6.92 Å².